The average molecular weight is 198 g/mol. The first-order chi connectivity index (χ1) is 6.66. The van der Waals surface area contributed by atoms with Crippen molar-refractivity contribution in [1.82, 2.24) is 4.90 Å². The van der Waals surface area contributed by atoms with Gasteiger partial charge < -0.3 is 10.6 Å². The van der Waals surface area contributed by atoms with Crippen LogP contribution in [-0.4, -0.2) is 29.9 Å². The highest BCUT2D eigenvalue weighted by Crippen LogP contribution is 2.13. The topological polar surface area (TPSA) is 46.3 Å². The van der Waals surface area contributed by atoms with Crippen LogP contribution in [0.2, 0.25) is 0 Å². The van der Waals surface area contributed by atoms with Gasteiger partial charge in [0.15, 0.2) is 0 Å². The second-order valence-electron chi connectivity index (χ2n) is 4.30. The number of nitrogens with two attached hydrogens (primary N) is 1. The summed E-state index contributed by atoms with van der Waals surface area (Å²) in [4.78, 5) is 13.8. The van der Waals surface area contributed by atoms with Crippen LogP contribution >= 0.6 is 0 Å². The van der Waals surface area contributed by atoms with Crippen molar-refractivity contribution in [3.63, 3.8) is 0 Å². The quantitative estimate of drug-likeness (QED) is 0.744. The third kappa shape index (κ3) is 2.71. The molecule has 1 heterocycles. The first-order valence-electron chi connectivity index (χ1n) is 5.71. The highest BCUT2D eigenvalue weighted by Gasteiger charge is 2.25. The summed E-state index contributed by atoms with van der Waals surface area (Å²) in [5, 5.41) is 0. The van der Waals surface area contributed by atoms with Gasteiger partial charge in [-0.2, -0.15) is 0 Å². The van der Waals surface area contributed by atoms with E-state index in [1.165, 1.54) is 6.42 Å². The first kappa shape index (κ1) is 11.5. The van der Waals surface area contributed by atoms with E-state index in [1.807, 2.05) is 11.8 Å². The van der Waals surface area contributed by atoms with Gasteiger partial charge in [-0.05, 0) is 25.2 Å². The van der Waals surface area contributed by atoms with Crippen LogP contribution in [0.15, 0.2) is 0 Å². The van der Waals surface area contributed by atoms with Crippen molar-refractivity contribution in [2.24, 2.45) is 11.7 Å². The van der Waals surface area contributed by atoms with Gasteiger partial charge in [0.05, 0.1) is 6.04 Å². The highest BCUT2D eigenvalue weighted by atomic mass is 16.2. The minimum Gasteiger partial charge on any atom is -0.341 e. The Labute approximate surface area is 86.6 Å². The van der Waals surface area contributed by atoms with Gasteiger partial charge in [-0.3, -0.25) is 4.79 Å². The minimum absolute atomic E-state index is 0.152. The molecule has 2 N–H and O–H groups in total. The van der Waals surface area contributed by atoms with E-state index in [-0.39, 0.29) is 11.9 Å². The van der Waals surface area contributed by atoms with Crippen molar-refractivity contribution >= 4 is 5.91 Å². The summed E-state index contributed by atoms with van der Waals surface area (Å²) in [6.45, 7) is 5.94. The van der Waals surface area contributed by atoms with E-state index in [2.05, 4.69) is 6.92 Å². The molecule has 1 unspecified atom stereocenters. The fourth-order valence-corrected chi connectivity index (χ4v) is 1.82. The number of rotatable bonds is 3. The van der Waals surface area contributed by atoms with E-state index in [4.69, 9.17) is 5.73 Å². The smallest absolute Gasteiger partial charge is 0.239 e. The normalized spacial score (nSPS) is 21.8. The Kier molecular flexibility index (Phi) is 4.39. The second-order valence-corrected chi connectivity index (χ2v) is 4.30. The zero-order chi connectivity index (χ0) is 10.6. The van der Waals surface area contributed by atoms with E-state index >= 15 is 0 Å². The number of nitrogens with zero attached hydrogens (tertiary/aromatic N) is 1. The monoisotopic (exact) mass is 198 g/mol. The lowest BCUT2D eigenvalue weighted by Crippen LogP contribution is -2.48. The largest absolute Gasteiger partial charge is 0.341 e. The standard InChI is InChI=1S/C11H22N2O/c1-3-9(2)10(12)11(14)13-7-5-4-6-8-13/h9-10H,3-8,12H2,1-2H3/t9-,10?/m1/s1. The lowest BCUT2D eigenvalue weighted by molar-refractivity contribution is -0.134. The molecule has 2 atom stereocenters. The van der Waals surface area contributed by atoms with Crippen LogP contribution in [0.5, 0.6) is 0 Å². The van der Waals surface area contributed by atoms with Gasteiger partial charge in [-0.25, -0.2) is 0 Å². The van der Waals surface area contributed by atoms with E-state index < -0.39 is 0 Å². The molecule has 1 amide bonds. The maximum atomic E-state index is 11.9. The van der Waals surface area contributed by atoms with E-state index in [1.54, 1.807) is 0 Å². The van der Waals surface area contributed by atoms with Gasteiger partial charge in [0.25, 0.3) is 0 Å². The van der Waals surface area contributed by atoms with Gasteiger partial charge >= 0.3 is 0 Å². The lowest BCUT2D eigenvalue weighted by Gasteiger charge is -2.30. The number of hydrogen-bond donors (Lipinski definition) is 1. The van der Waals surface area contributed by atoms with E-state index in [0.717, 1.165) is 32.4 Å². The number of carbonyl (C=O) groups is 1. The molecule has 0 aromatic rings. The first-order valence-corrected chi connectivity index (χ1v) is 5.71. The summed E-state index contributed by atoms with van der Waals surface area (Å²) in [6.07, 6.45) is 4.50. The van der Waals surface area contributed by atoms with Crippen molar-refractivity contribution < 1.29 is 4.79 Å². The summed E-state index contributed by atoms with van der Waals surface area (Å²) in [6, 6.07) is -0.293. The Balaban J connectivity index is 2.46. The third-order valence-corrected chi connectivity index (χ3v) is 3.21. The van der Waals surface area contributed by atoms with Crippen LogP contribution < -0.4 is 5.73 Å². The zero-order valence-electron chi connectivity index (χ0n) is 9.33. The molecule has 0 aromatic heterocycles. The Morgan fingerprint density at radius 3 is 2.43 bits per heavy atom. The number of piperidine rings is 1. The number of likely N-dealkylation sites (tertiary alicyclic amines) is 1. The van der Waals surface area contributed by atoms with Crippen LogP contribution in [0.3, 0.4) is 0 Å². The number of hydrogen-bond acceptors (Lipinski definition) is 2. The molecule has 1 saturated heterocycles. The molecule has 0 saturated carbocycles. The van der Waals surface area contributed by atoms with Crippen LogP contribution in [-0.2, 0) is 4.79 Å². The third-order valence-electron chi connectivity index (χ3n) is 3.21. The van der Waals surface area contributed by atoms with Crippen molar-refractivity contribution in [2.45, 2.75) is 45.6 Å². The van der Waals surface area contributed by atoms with Gasteiger partial charge in [0.2, 0.25) is 5.91 Å². The SMILES string of the molecule is CC[C@@H](C)C(N)C(=O)N1CCCCC1. The Bertz CT molecular complexity index is 184. The molecule has 3 nitrogen and oxygen atoms in total. The van der Waals surface area contributed by atoms with Crippen molar-refractivity contribution in [1.29, 1.82) is 0 Å². The molecule has 0 bridgehead atoms. The molecular formula is C11H22N2O. The highest BCUT2D eigenvalue weighted by molar-refractivity contribution is 5.82. The van der Waals surface area contributed by atoms with Crippen LogP contribution in [0, 0.1) is 5.92 Å². The van der Waals surface area contributed by atoms with Gasteiger partial charge in [-0.1, -0.05) is 20.3 Å². The number of amides is 1. The molecule has 1 rings (SSSR count). The van der Waals surface area contributed by atoms with Crippen LogP contribution in [0.1, 0.15) is 39.5 Å². The molecule has 0 aromatic carbocycles. The maximum Gasteiger partial charge on any atom is 0.239 e. The van der Waals surface area contributed by atoms with Crippen molar-refractivity contribution in [2.75, 3.05) is 13.1 Å². The molecular weight excluding hydrogens is 176 g/mol. The van der Waals surface area contributed by atoms with E-state index in [9.17, 15) is 4.79 Å². The summed E-state index contributed by atoms with van der Waals surface area (Å²) >= 11 is 0. The van der Waals surface area contributed by atoms with Crippen LogP contribution in [0.4, 0.5) is 0 Å². The van der Waals surface area contributed by atoms with Gasteiger partial charge in [0, 0.05) is 13.1 Å². The minimum atomic E-state index is -0.293. The molecule has 1 aliphatic rings. The summed E-state index contributed by atoms with van der Waals surface area (Å²) in [5.74, 6) is 0.448. The molecule has 1 fully saturated rings. The fourth-order valence-electron chi connectivity index (χ4n) is 1.82. The number of carbonyl (C=O) groups excluding carboxylic acids is 1. The van der Waals surface area contributed by atoms with Gasteiger partial charge in [-0.15, -0.1) is 0 Å². The Morgan fingerprint density at radius 1 is 1.36 bits per heavy atom. The molecule has 14 heavy (non-hydrogen) atoms. The van der Waals surface area contributed by atoms with Gasteiger partial charge in [0.1, 0.15) is 0 Å². The predicted molar refractivity (Wildman–Crippen MR) is 57.9 cm³/mol. The molecule has 0 aliphatic carbocycles. The molecule has 1 aliphatic heterocycles. The molecule has 0 spiro atoms. The Hall–Kier alpha value is -0.570. The zero-order valence-corrected chi connectivity index (χ0v) is 9.33. The average Bonchev–Trinajstić information content (AvgIpc) is 2.27. The summed E-state index contributed by atoms with van der Waals surface area (Å²) in [7, 11) is 0. The second kappa shape index (κ2) is 5.35. The fraction of sp³-hybridized carbons (Fsp3) is 0.909. The Morgan fingerprint density at radius 2 is 1.93 bits per heavy atom. The lowest BCUT2D eigenvalue weighted by atomic mass is 9.98. The van der Waals surface area contributed by atoms with E-state index in [0.29, 0.717) is 5.92 Å². The molecule has 0 radical (unpaired) electrons. The summed E-state index contributed by atoms with van der Waals surface area (Å²) < 4.78 is 0. The van der Waals surface area contributed by atoms with Crippen molar-refractivity contribution in [3.8, 4) is 0 Å². The summed E-state index contributed by atoms with van der Waals surface area (Å²) in [5.41, 5.74) is 5.91. The van der Waals surface area contributed by atoms with Crippen LogP contribution in [0.25, 0.3) is 0 Å². The van der Waals surface area contributed by atoms with Crippen molar-refractivity contribution in [3.05, 3.63) is 0 Å². The molecule has 3 heteroatoms. The molecule has 82 valence electrons. The predicted octanol–water partition coefficient (Wildman–Crippen LogP) is 1.37. The maximum absolute atomic E-state index is 11.9.